The molecule has 0 radical (unpaired) electrons. The lowest BCUT2D eigenvalue weighted by molar-refractivity contribution is -0.275. The average Bonchev–Trinajstić information content (AvgIpc) is 3.03. The number of ether oxygens (including phenoxy) is 2. The molecule has 2 fully saturated rings. The topological polar surface area (TPSA) is 18.5 Å². The third-order valence-corrected chi connectivity index (χ3v) is 5.34. The van der Waals surface area contributed by atoms with Crippen molar-refractivity contribution in [1.29, 1.82) is 0 Å². The molecule has 0 bridgehead atoms. The lowest BCUT2D eigenvalue weighted by Crippen LogP contribution is -2.41. The van der Waals surface area contributed by atoms with Crippen molar-refractivity contribution in [1.82, 2.24) is 0 Å². The SMILES string of the molecule is CCCCCCCCC1(CCC2CCCC2)OCCCO1. The Morgan fingerprint density at radius 3 is 2.19 bits per heavy atom. The quantitative estimate of drug-likeness (QED) is 0.471. The maximum atomic E-state index is 6.13. The first-order valence-corrected chi connectivity index (χ1v) is 9.62. The zero-order valence-electron chi connectivity index (χ0n) is 14.2. The van der Waals surface area contributed by atoms with Gasteiger partial charge in [0.25, 0.3) is 0 Å². The van der Waals surface area contributed by atoms with Crippen LogP contribution in [0.25, 0.3) is 0 Å². The van der Waals surface area contributed by atoms with Crippen LogP contribution in [0.1, 0.15) is 96.8 Å². The van der Waals surface area contributed by atoms with Gasteiger partial charge in [0.05, 0.1) is 13.2 Å². The molecule has 0 spiro atoms. The molecule has 2 rings (SSSR count). The van der Waals surface area contributed by atoms with Crippen molar-refractivity contribution >= 4 is 0 Å². The van der Waals surface area contributed by atoms with Crippen molar-refractivity contribution in [2.75, 3.05) is 13.2 Å². The maximum absolute atomic E-state index is 6.13. The van der Waals surface area contributed by atoms with Crippen LogP contribution >= 0.6 is 0 Å². The molecule has 1 saturated heterocycles. The van der Waals surface area contributed by atoms with E-state index in [1.54, 1.807) is 0 Å². The van der Waals surface area contributed by atoms with Crippen LogP contribution in [-0.4, -0.2) is 19.0 Å². The van der Waals surface area contributed by atoms with E-state index in [9.17, 15) is 0 Å². The predicted octanol–water partition coefficient (Wildman–Crippen LogP) is 5.84. The number of unbranched alkanes of at least 4 members (excludes halogenated alkanes) is 5. The minimum atomic E-state index is -0.217. The van der Waals surface area contributed by atoms with Crippen LogP contribution in [0.5, 0.6) is 0 Å². The van der Waals surface area contributed by atoms with Gasteiger partial charge in [-0.3, -0.25) is 0 Å². The monoisotopic (exact) mass is 296 g/mol. The molecule has 0 N–H and O–H groups in total. The lowest BCUT2D eigenvalue weighted by Gasteiger charge is -2.38. The van der Waals surface area contributed by atoms with Gasteiger partial charge in [0.1, 0.15) is 0 Å². The van der Waals surface area contributed by atoms with E-state index in [-0.39, 0.29) is 5.79 Å². The fourth-order valence-electron chi connectivity index (χ4n) is 3.93. The van der Waals surface area contributed by atoms with Crippen LogP contribution in [-0.2, 0) is 9.47 Å². The second kappa shape index (κ2) is 9.84. The summed E-state index contributed by atoms with van der Waals surface area (Å²) in [5, 5.41) is 0. The minimum absolute atomic E-state index is 0.217. The molecule has 1 aliphatic carbocycles. The van der Waals surface area contributed by atoms with Crippen molar-refractivity contribution in [3.05, 3.63) is 0 Å². The van der Waals surface area contributed by atoms with Crippen molar-refractivity contribution in [2.45, 2.75) is 103 Å². The van der Waals surface area contributed by atoms with Crippen LogP contribution in [0.3, 0.4) is 0 Å². The molecule has 1 aliphatic heterocycles. The summed E-state index contributed by atoms with van der Waals surface area (Å²) in [5.74, 6) is 0.728. The molecule has 2 nitrogen and oxygen atoms in total. The summed E-state index contributed by atoms with van der Waals surface area (Å²) in [5.41, 5.74) is 0. The van der Waals surface area contributed by atoms with E-state index in [0.717, 1.165) is 38.4 Å². The van der Waals surface area contributed by atoms with Crippen LogP contribution < -0.4 is 0 Å². The largest absolute Gasteiger partial charge is 0.350 e. The summed E-state index contributed by atoms with van der Waals surface area (Å²) in [4.78, 5) is 0. The second-order valence-electron chi connectivity index (χ2n) is 7.17. The number of rotatable bonds is 10. The zero-order chi connectivity index (χ0) is 14.8. The molecule has 0 aromatic carbocycles. The first-order chi connectivity index (χ1) is 10.3. The highest BCUT2D eigenvalue weighted by Gasteiger charge is 2.34. The van der Waals surface area contributed by atoms with E-state index in [4.69, 9.17) is 9.47 Å². The van der Waals surface area contributed by atoms with E-state index < -0.39 is 0 Å². The highest BCUT2D eigenvalue weighted by atomic mass is 16.7. The predicted molar refractivity (Wildman–Crippen MR) is 88.4 cm³/mol. The minimum Gasteiger partial charge on any atom is -0.350 e. The van der Waals surface area contributed by atoms with E-state index >= 15 is 0 Å². The average molecular weight is 296 g/mol. The molecule has 1 saturated carbocycles. The van der Waals surface area contributed by atoms with E-state index in [2.05, 4.69) is 6.92 Å². The molecule has 2 heteroatoms. The van der Waals surface area contributed by atoms with Crippen LogP contribution in [0, 0.1) is 5.92 Å². The molecule has 0 aromatic rings. The van der Waals surface area contributed by atoms with Crippen molar-refractivity contribution in [3.8, 4) is 0 Å². The highest BCUT2D eigenvalue weighted by Crippen LogP contribution is 2.36. The van der Waals surface area contributed by atoms with E-state index in [1.165, 1.54) is 70.6 Å². The normalized spacial score (nSPS) is 22.7. The Morgan fingerprint density at radius 2 is 1.48 bits per heavy atom. The van der Waals surface area contributed by atoms with Crippen LogP contribution in [0.2, 0.25) is 0 Å². The molecule has 124 valence electrons. The summed E-state index contributed by atoms with van der Waals surface area (Å²) in [6.07, 6.45) is 18.5. The fourth-order valence-corrected chi connectivity index (χ4v) is 3.93. The van der Waals surface area contributed by atoms with Gasteiger partial charge in [-0.05, 0) is 25.2 Å². The molecule has 2 aliphatic rings. The Labute approximate surface area is 132 Å². The van der Waals surface area contributed by atoms with Gasteiger partial charge in [0, 0.05) is 12.8 Å². The summed E-state index contributed by atoms with van der Waals surface area (Å²) in [6.45, 7) is 4.09. The Bertz CT molecular complexity index is 252. The molecular formula is C19H36O2. The highest BCUT2D eigenvalue weighted by molar-refractivity contribution is 4.77. The molecule has 1 heterocycles. The third kappa shape index (κ3) is 6.28. The van der Waals surface area contributed by atoms with Gasteiger partial charge in [-0.1, -0.05) is 64.7 Å². The molecule has 21 heavy (non-hydrogen) atoms. The standard InChI is InChI=1S/C19H36O2/c1-2-3-4-5-6-9-14-19(20-16-10-17-21-19)15-13-18-11-7-8-12-18/h18H,2-17H2,1H3. The van der Waals surface area contributed by atoms with Crippen LogP contribution in [0.4, 0.5) is 0 Å². The lowest BCUT2D eigenvalue weighted by atomic mass is 9.94. The molecule has 0 aromatic heterocycles. The van der Waals surface area contributed by atoms with Gasteiger partial charge in [-0.15, -0.1) is 0 Å². The molecule has 0 unspecified atom stereocenters. The molecule has 0 amide bonds. The molecular weight excluding hydrogens is 260 g/mol. The number of hydrogen-bond acceptors (Lipinski definition) is 2. The van der Waals surface area contributed by atoms with Gasteiger partial charge in [-0.2, -0.15) is 0 Å². The Morgan fingerprint density at radius 1 is 0.810 bits per heavy atom. The van der Waals surface area contributed by atoms with Gasteiger partial charge in [-0.25, -0.2) is 0 Å². The summed E-state index contributed by atoms with van der Waals surface area (Å²) < 4.78 is 12.3. The fraction of sp³-hybridized carbons (Fsp3) is 1.00. The smallest absolute Gasteiger partial charge is 0.168 e. The van der Waals surface area contributed by atoms with E-state index in [1.807, 2.05) is 0 Å². The van der Waals surface area contributed by atoms with E-state index in [0.29, 0.717) is 0 Å². The number of hydrogen-bond donors (Lipinski definition) is 0. The summed E-state index contributed by atoms with van der Waals surface area (Å²) in [7, 11) is 0. The maximum Gasteiger partial charge on any atom is 0.168 e. The molecule has 0 atom stereocenters. The third-order valence-electron chi connectivity index (χ3n) is 5.34. The summed E-state index contributed by atoms with van der Waals surface area (Å²) in [6, 6.07) is 0. The van der Waals surface area contributed by atoms with Gasteiger partial charge in [0.2, 0.25) is 0 Å². The summed E-state index contributed by atoms with van der Waals surface area (Å²) >= 11 is 0. The van der Waals surface area contributed by atoms with Gasteiger partial charge >= 0.3 is 0 Å². The van der Waals surface area contributed by atoms with Gasteiger partial charge < -0.3 is 9.47 Å². The van der Waals surface area contributed by atoms with Gasteiger partial charge in [0.15, 0.2) is 5.79 Å². The second-order valence-corrected chi connectivity index (χ2v) is 7.17. The Kier molecular flexibility index (Phi) is 8.10. The van der Waals surface area contributed by atoms with Crippen molar-refractivity contribution < 1.29 is 9.47 Å². The van der Waals surface area contributed by atoms with Crippen LogP contribution in [0.15, 0.2) is 0 Å². The zero-order valence-corrected chi connectivity index (χ0v) is 14.2. The Hall–Kier alpha value is -0.0800. The first-order valence-electron chi connectivity index (χ1n) is 9.62. The van der Waals surface area contributed by atoms with Crippen molar-refractivity contribution in [3.63, 3.8) is 0 Å². The van der Waals surface area contributed by atoms with Crippen molar-refractivity contribution in [2.24, 2.45) is 5.92 Å². The first kappa shape index (κ1) is 17.3. The Balaban J connectivity index is 1.68.